The Hall–Kier alpha value is -0.810. The first kappa shape index (κ1) is 13.6. The van der Waals surface area contributed by atoms with Crippen LogP contribution in [0.4, 0.5) is 5.13 Å². The van der Waals surface area contributed by atoms with Crippen LogP contribution >= 0.6 is 22.9 Å². The van der Waals surface area contributed by atoms with E-state index in [1.807, 2.05) is 0 Å². The number of hydrogen-bond acceptors (Lipinski definition) is 5. The minimum absolute atomic E-state index is 0.243. The van der Waals surface area contributed by atoms with Crippen LogP contribution in [0.1, 0.15) is 29.9 Å². The van der Waals surface area contributed by atoms with Crippen LogP contribution in [0.5, 0.6) is 0 Å². The van der Waals surface area contributed by atoms with E-state index in [0.29, 0.717) is 16.7 Å². The van der Waals surface area contributed by atoms with Crippen LogP contribution in [0.15, 0.2) is 0 Å². The maximum absolute atomic E-state index is 11.5. The molecule has 0 radical (unpaired) electrons. The topological polar surface area (TPSA) is 42.4 Å². The quantitative estimate of drug-likeness (QED) is 0.785. The molecule has 1 aromatic rings. The van der Waals surface area contributed by atoms with Crippen LogP contribution in [0.2, 0.25) is 5.15 Å². The molecule has 2 rings (SSSR count). The van der Waals surface area contributed by atoms with Crippen LogP contribution in [0.3, 0.4) is 0 Å². The molecule has 1 fully saturated rings. The average molecular weight is 289 g/mol. The van der Waals surface area contributed by atoms with Gasteiger partial charge in [0, 0.05) is 13.1 Å². The number of rotatable bonds is 2. The Labute approximate surface area is 116 Å². The van der Waals surface area contributed by atoms with Crippen molar-refractivity contribution in [1.82, 2.24) is 4.98 Å². The molecule has 0 N–H and O–H groups in total. The highest BCUT2D eigenvalue weighted by atomic mass is 35.5. The Kier molecular flexibility index (Phi) is 4.12. The molecule has 0 amide bonds. The Balaban J connectivity index is 2.21. The maximum atomic E-state index is 11.5. The number of methoxy groups -OCH3 is 1. The monoisotopic (exact) mass is 288 g/mol. The first-order valence-electron chi connectivity index (χ1n) is 6.00. The molecule has 1 aliphatic rings. The van der Waals surface area contributed by atoms with E-state index in [9.17, 15) is 4.79 Å². The summed E-state index contributed by atoms with van der Waals surface area (Å²) in [6.07, 6.45) is 1.24. The van der Waals surface area contributed by atoms with E-state index >= 15 is 0 Å². The van der Waals surface area contributed by atoms with Gasteiger partial charge >= 0.3 is 5.97 Å². The van der Waals surface area contributed by atoms with Gasteiger partial charge in [-0.05, 0) is 18.3 Å². The number of anilines is 1. The van der Waals surface area contributed by atoms with Crippen molar-refractivity contribution in [2.75, 3.05) is 25.1 Å². The van der Waals surface area contributed by atoms with E-state index in [4.69, 9.17) is 11.6 Å². The molecule has 2 heterocycles. The molecule has 0 aliphatic carbocycles. The highest BCUT2D eigenvalue weighted by Gasteiger charge is 2.26. The van der Waals surface area contributed by atoms with Crippen molar-refractivity contribution in [2.45, 2.75) is 20.3 Å². The lowest BCUT2D eigenvalue weighted by atomic mass is 9.92. The van der Waals surface area contributed by atoms with Crippen LogP contribution in [0.25, 0.3) is 0 Å². The predicted molar refractivity (Wildman–Crippen MR) is 73.6 cm³/mol. The van der Waals surface area contributed by atoms with Gasteiger partial charge in [-0.1, -0.05) is 36.8 Å². The van der Waals surface area contributed by atoms with E-state index in [-0.39, 0.29) is 5.15 Å². The molecule has 18 heavy (non-hydrogen) atoms. The average Bonchev–Trinajstić information content (AvgIpc) is 2.69. The van der Waals surface area contributed by atoms with E-state index in [2.05, 4.69) is 28.5 Å². The van der Waals surface area contributed by atoms with Crippen LogP contribution < -0.4 is 4.90 Å². The largest absolute Gasteiger partial charge is 0.465 e. The number of hydrogen-bond donors (Lipinski definition) is 0. The number of aromatic nitrogens is 1. The second-order valence-corrected chi connectivity index (χ2v) is 6.29. The fourth-order valence-electron chi connectivity index (χ4n) is 2.46. The van der Waals surface area contributed by atoms with Crippen molar-refractivity contribution >= 4 is 34.0 Å². The Bertz CT molecular complexity index is 439. The fraction of sp³-hybridized carbons (Fsp3) is 0.667. The molecule has 0 aromatic carbocycles. The maximum Gasteiger partial charge on any atom is 0.351 e. The summed E-state index contributed by atoms with van der Waals surface area (Å²) in [7, 11) is 1.35. The first-order valence-corrected chi connectivity index (χ1v) is 7.20. The fourth-order valence-corrected chi connectivity index (χ4v) is 3.68. The number of nitrogens with zero attached hydrogens (tertiary/aromatic N) is 2. The summed E-state index contributed by atoms with van der Waals surface area (Å²) in [5.74, 6) is 0.859. The minimum Gasteiger partial charge on any atom is -0.465 e. The van der Waals surface area contributed by atoms with Crippen molar-refractivity contribution in [3.63, 3.8) is 0 Å². The SMILES string of the molecule is COC(=O)c1sc(N2C[C@@H](C)C[C@H](C)C2)nc1Cl. The lowest BCUT2D eigenvalue weighted by Gasteiger charge is -2.34. The summed E-state index contributed by atoms with van der Waals surface area (Å²) in [5, 5.41) is 1.06. The molecule has 1 saturated heterocycles. The van der Waals surface area contributed by atoms with E-state index in [1.54, 1.807) is 0 Å². The molecule has 0 unspecified atom stereocenters. The molecular formula is C12H17ClN2O2S. The molecule has 100 valence electrons. The number of ether oxygens (including phenoxy) is 1. The van der Waals surface area contributed by atoms with Gasteiger partial charge in [0.15, 0.2) is 15.2 Å². The van der Waals surface area contributed by atoms with Crippen molar-refractivity contribution < 1.29 is 9.53 Å². The van der Waals surface area contributed by atoms with Crippen LogP contribution in [0, 0.1) is 11.8 Å². The van der Waals surface area contributed by atoms with Crippen LogP contribution in [-0.4, -0.2) is 31.2 Å². The van der Waals surface area contributed by atoms with Gasteiger partial charge in [-0.2, -0.15) is 0 Å². The molecule has 2 atom stereocenters. The summed E-state index contributed by atoms with van der Waals surface area (Å²) in [4.78, 5) is 18.4. The summed E-state index contributed by atoms with van der Waals surface area (Å²) in [6.45, 7) is 6.40. The number of thiazole rings is 1. The third kappa shape index (κ3) is 2.78. The van der Waals surface area contributed by atoms with Crippen LogP contribution in [-0.2, 0) is 4.74 Å². The second kappa shape index (κ2) is 5.45. The summed E-state index contributed by atoms with van der Waals surface area (Å²) in [5.41, 5.74) is 0. The third-order valence-corrected chi connectivity index (χ3v) is 4.57. The molecule has 6 heteroatoms. The van der Waals surface area contributed by atoms with Crippen molar-refractivity contribution in [3.05, 3.63) is 10.0 Å². The molecular weight excluding hydrogens is 272 g/mol. The van der Waals surface area contributed by atoms with E-state index in [0.717, 1.165) is 18.2 Å². The normalized spacial score (nSPS) is 24.1. The highest BCUT2D eigenvalue weighted by Crippen LogP contribution is 2.33. The van der Waals surface area contributed by atoms with E-state index in [1.165, 1.54) is 24.9 Å². The first-order chi connectivity index (χ1) is 8.51. The van der Waals surface area contributed by atoms with Gasteiger partial charge in [0.1, 0.15) is 0 Å². The molecule has 4 nitrogen and oxygen atoms in total. The smallest absolute Gasteiger partial charge is 0.351 e. The Morgan fingerprint density at radius 1 is 1.44 bits per heavy atom. The lowest BCUT2D eigenvalue weighted by Crippen LogP contribution is -2.38. The zero-order valence-corrected chi connectivity index (χ0v) is 12.3. The molecule has 0 saturated carbocycles. The number of piperidine rings is 1. The summed E-state index contributed by atoms with van der Waals surface area (Å²) in [6, 6.07) is 0. The number of carbonyl (C=O) groups is 1. The van der Waals surface area contributed by atoms with Crippen molar-refractivity contribution in [3.8, 4) is 0 Å². The zero-order valence-electron chi connectivity index (χ0n) is 10.8. The Morgan fingerprint density at radius 2 is 2.06 bits per heavy atom. The number of esters is 1. The molecule has 1 aromatic heterocycles. The van der Waals surface area contributed by atoms with Gasteiger partial charge in [0.25, 0.3) is 0 Å². The Morgan fingerprint density at radius 3 is 2.61 bits per heavy atom. The molecule has 0 bridgehead atoms. The van der Waals surface area contributed by atoms with Gasteiger partial charge in [-0.25, -0.2) is 9.78 Å². The number of carbonyl (C=O) groups excluding carboxylic acids is 1. The summed E-state index contributed by atoms with van der Waals surface area (Å²) >= 11 is 7.29. The third-order valence-electron chi connectivity index (χ3n) is 3.08. The predicted octanol–water partition coefficient (Wildman–Crippen LogP) is 3.07. The van der Waals surface area contributed by atoms with Crippen molar-refractivity contribution in [1.29, 1.82) is 0 Å². The van der Waals surface area contributed by atoms with Gasteiger partial charge in [0.2, 0.25) is 0 Å². The van der Waals surface area contributed by atoms with Gasteiger partial charge in [-0.15, -0.1) is 0 Å². The minimum atomic E-state index is -0.415. The van der Waals surface area contributed by atoms with E-state index < -0.39 is 5.97 Å². The zero-order chi connectivity index (χ0) is 13.3. The second-order valence-electron chi connectivity index (χ2n) is 4.96. The van der Waals surface area contributed by atoms with Gasteiger partial charge in [-0.3, -0.25) is 0 Å². The van der Waals surface area contributed by atoms with Gasteiger partial charge < -0.3 is 9.64 Å². The van der Waals surface area contributed by atoms with Crippen molar-refractivity contribution in [2.24, 2.45) is 11.8 Å². The molecule has 0 spiro atoms. The lowest BCUT2D eigenvalue weighted by molar-refractivity contribution is 0.0606. The number of halogens is 1. The summed E-state index contributed by atoms with van der Waals surface area (Å²) < 4.78 is 4.69. The standard InChI is InChI=1S/C12H17ClN2O2S/c1-7-4-8(2)6-15(5-7)12-14-10(13)9(18-12)11(16)17-3/h7-8H,4-6H2,1-3H3/t7-,8-/m0/s1. The van der Waals surface area contributed by atoms with Gasteiger partial charge in [0.05, 0.1) is 7.11 Å². The highest BCUT2D eigenvalue weighted by molar-refractivity contribution is 7.18. The molecule has 1 aliphatic heterocycles.